The summed E-state index contributed by atoms with van der Waals surface area (Å²) >= 11 is 0. The Balaban J connectivity index is 1.68. The molecule has 1 fully saturated rings. The Kier molecular flexibility index (Phi) is 5.05. The summed E-state index contributed by atoms with van der Waals surface area (Å²) in [7, 11) is 0. The Labute approximate surface area is 116 Å². The zero-order valence-corrected chi connectivity index (χ0v) is 11.1. The van der Waals surface area contributed by atoms with E-state index < -0.39 is 5.97 Å². The van der Waals surface area contributed by atoms with Crippen molar-refractivity contribution in [1.29, 1.82) is 0 Å². The molecule has 1 aromatic heterocycles. The number of nitrogens with zero attached hydrogens (tertiary/aromatic N) is 3. The van der Waals surface area contributed by atoms with Gasteiger partial charge in [0.2, 0.25) is 0 Å². The van der Waals surface area contributed by atoms with E-state index in [4.69, 9.17) is 9.84 Å². The highest BCUT2D eigenvalue weighted by Crippen LogP contribution is 2.20. The molecule has 0 unspecified atom stereocenters. The van der Waals surface area contributed by atoms with E-state index in [1.807, 2.05) is 0 Å². The second-order valence-corrected chi connectivity index (χ2v) is 4.73. The Morgan fingerprint density at radius 1 is 1.45 bits per heavy atom. The first-order valence-electron chi connectivity index (χ1n) is 6.67. The van der Waals surface area contributed by atoms with Crippen molar-refractivity contribution in [1.82, 2.24) is 20.3 Å². The van der Waals surface area contributed by atoms with Crippen LogP contribution in [0.4, 0.5) is 0 Å². The number of carboxylic acid groups (broad SMARTS) is 1. The predicted octanol–water partition coefficient (Wildman–Crippen LogP) is 0.0517. The highest BCUT2D eigenvalue weighted by molar-refractivity contribution is 5.91. The number of aliphatic carboxylic acids is 1. The SMILES string of the molecule is O=C(O)Cn1cc(C(=O)NCCOC2CCCC2)nn1. The quantitative estimate of drug-likeness (QED) is 0.684. The van der Waals surface area contributed by atoms with Crippen LogP contribution in [-0.4, -0.2) is 51.2 Å². The first-order valence-corrected chi connectivity index (χ1v) is 6.67. The number of amides is 1. The van der Waals surface area contributed by atoms with Gasteiger partial charge in [-0.05, 0) is 12.8 Å². The van der Waals surface area contributed by atoms with Gasteiger partial charge >= 0.3 is 5.97 Å². The standard InChI is InChI=1S/C12H18N4O4/c17-11(18)8-16-7-10(14-15-16)12(19)13-5-6-20-9-3-1-2-4-9/h7,9H,1-6,8H2,(H,13,19)(H,17,18). The van der Waals surface area contributed by atoms with Crippen LogP contribution in [-0.2, 0) is 16.1 Å². The highest BCUT2D eigenvalue weighted by atomic mass is 16.5. The maximum absolute atomic E-state index is 11.7. The number of carboxylic acids is 1. The van der Waals surface area contributed by atoms with Crippen LogP contribution in [0, 0.1) is 0 Å². The molecule has 0 bridgehead atoms. The van der Waals surface area contributed by atoms with Crippen LogP contribution in [0.3, 0.4) is 0 Å². The van der Waals surface area contributed by atoms with Crippen molar-refractivity contribution in [2.24, 2.45) is 0 Å². The summed E-state index contributed by atoms with van der Waals surface area (Å²) in [6, 6.07) is 0. The summed E-state index contributed by atoms with van der Waals surface area (Å²) in [6.45, 7) is 0.561. The van der Waals surface area contributed by atoms with Crippen molar-refractivity contribution in [2.45, 2.75) is 38.3 Å². The lowest BCUT2D eigenvalue weighted by Gasteiger charge is -2.10. The molecule has 1 amide bonds. The predicted molar refractivity (Wildman–Crippen MR) is 68.2 cm³/mol. The average molecular weight is 282 g/mol. The van der Waals surface area contributed by atoms with E-state index in [0.29, 0.717) is 19.3 Å². The van der Waals surface area contributed by atoms with Gasteiger partial charge in [0.25, 0.3) is 5.91 Å². The smallest absolute Gasteiger partial charge is 0.325 e. The molecule has 0 spiro atoms. The third-order valence-electron chi connectivity index (χ3n) is 3.11. The van der Waals surface area contributed by atoms with Crippen molar-refractivity contribution >= 4 is 11.9 Å². The van der Waals surface area contributed by atoms with Gasteiger partial charge in [-0.3, -0.25) is 9.59 Å². The zero-order valence-electron chi connectivity index (χ0n) is 11.1. The number of hydrogen-bond acceptors (Lipinski definition) is 5. The molecule has 1 aliphatic rings. The molecule has 1 aromatic rings. The molecule has 1 heterocycles. The van der Waals surface area contributed by atoms with E-state index in [1.54, 1.807) is 0 Å². The van der Waals surface area contributed by atoms with Gasteiger partial charge < -0.3 is 15.2 Å². The molecule has 1 saturated carbocycles. The molecule has 0 radical (unpaired) electrons. The van der Waals surface area contributed by atoms with Gasteiger partial charge in [-0.25, -0.2) is 4.68 Å². The third-order valence-corrected chi connectivity index (χ3v) is 3.11. The van der Waals surface area contributed by atoms with Gasteiger partial charge in [-0.15, -0.1) is 5.10 Å². The molecule has 20 heavy (non-hydrogen) atoms. The van der Waals surface area contributed by atoms with Gasteiger partial charge in [0.05, 0.1) is 18.9 Å². The Hall–Kier alpha value is -1.96. The molecule has 1 aliphatic carbocycles. The van der Waals surface area contributed by atoms with Crippen LogP contribution in [0.2, 0.25) is 0 Å². The van der Waals surface area contributed by atoms with Crippen molar-refractivity contribution in [3.05, 3.63) is 11.9 Å². The summed E-state index contributed by atoms with van der Waals surface area (Å²) in [6.07, 6.45) is 6.24. The molecule has 2 rings (SSSR count). The highest BCUT2D eigenvalue weighted by Gasteiger charge is 2.15. The summed E-state index contributed by atoms with van der Waals surface area (Å²) < 4.78 is 6.72. The first kappa shape index (κ1) is 14.4. The number of hydrogen-bond donors (Lipinski definition) is 2. The molecule has 0 saturated heterocycles. The monoisotopic (exact) mass is 282 g/mol. The fraction of sp³-hybridized carbons (Fsp3) is 0.667. The van der Waals surface area contributed by atoms with Gasteiger partial charge in [0.1, 0.15) is 6.54 Å². The summed E-state index contributed by atoms with van der Waals surface area (Å²) in [4.78, 5) is 22.2. The minimum atomic E-state index is -1.04. The maximum Gasteiger partial charge on any atom is 0.325 e. The van der Waals surface area contributed by atoms with E-state index in [9.17, 15) is 9.59 Å². The van der Waals surface area contributed by atoms with E-state index in [2.05, 4.69) is 15.6 Å². The fourth-order valence-corrected chi connectivity index (χ4v) is 2.15. The molecule has 0 aliphatic heterocycles. The Morgan fingerprint density at radius 3 is 2.90 bits per heavy atom. The van der Waals surface area contributed by atoms with Crippen LogP contribution in [0.1, 0.15) is 36.2 Å². The minimum Gasteiger partial charge on any atom is -0.480 e. The third kappa shape index (κ3) is 4.30. The number of ether oxygens (including phenoxy) is 1. The summed E-state index contributed by atoms with van der Waals surface area (Å²) in [5.41, 5.74) is 0.104. The van der Waals surface area contributed by atoms with Gasteiger partial charge in [0.15, 0.2) is 5.69 Å². The second kappa shape index (κ2) is 6.99. The van der Waals surface area contributed by atoms with Crippen LogP contribution in [0.5, 0.6) is 0 Å². The van der Waals surface area contributed by atoms with Gasteiger partial charge in [0, 0.05) is 6.54 Å². The van der Waals surface area contributed by atoms with Crippen molar-refractivity contribution in [3.8, 4) is 0 Å². The lowest BCUT2D eigenvalue weighted by Crippen LogP contribution is -2.28. The number of carbonyl (C=O) groups excluding carboxylic acids is 1. The van der Waals surface area contributed by atoms with Crippen molar-refractivity contribution < 1.29 is 19.4 Å². The topological polar surface area (TPSA) is 106 Å². The van der Waals surface area contributed by atoms with Crippen LogP contribution < -0.4 is 5.32 Å². The number of carbonyl (C=O) groups is 2. The molecular weight excluding hydrogens is 264 g/mol. The van der Waals surface area contributed by atoms with Gasteiger partial charge in [-0.1, -0.05) is 18.1 Å². The second-order valence-electron chi connectivity index (χ2n) is 4.73. The molecule has 0 aromatic carbocycles. The maximum atomic E-state index is 11.7. The molecule has 0 atom stereocenters. The van der Waals surface area contributed by atoms with Crippen LogP contribution >= 0.6 is 0 Å². The molecular formula is C12H18N4O4. The van der Waals surface area contributed by atoms with Crippen LogP contribution in [0.15, 0.2) is 6.20 Å². The lowest BCUT2D eigenvalue weighted by atomic mass is 10.3. The van der Waals surface area contributed by atoms with Gasteiger partial charge in [-0.2, -0.15) is 0 Å². The van der Waals surface area contributed by atoms with Crippen molar-refractivity contribution in [3.63, 3.8) is 0 Å². The number of aromatic nitrogens is 3. The van der Waals surface area contributed by atoms with E-state index >= 15 is 0 Å². The van der Waals surface area contributed by atoms with E-state index in [-0.39, 0.29) is 18.1 Å². The summed E-state index contributed by atoms with van der Waals surface area (Å²) in [5.74, 6) is -1.41. The molecule has 110 valence electrons. The number of rotatable bonds is 7. The van der Waals surface area contributed by atoms with E-state index in [0.717, 1.165) is 17.5 Å². The lowest BCUT2D eigenvalue weighted by molar-refractivity contribution is -0.137. The largest absolute Gasteiger partial charge is 0.480 e. The Bertz CT molecular complexity index is 468. The molecule has 8 nitrogen and oxygen atoms in total. The average Bonchev–Trinajstić information content (AvgIpc) is 3.04. The zero-order chi connectivity index (χ0) is 14.4. The minimum absolute atomic E-state index is 0.104. The Morgan fingerprint density at radius 2 is 2.20 bits per heavy atom. The normalized spacial score (nSPS) is 15.4. The molecule has 2 N–H and O–H groups in total. The van der Waals surface area contributed by atoms with Crippen LogP contribution in [0.25, 0.3) is 0 Å². The van der Waals surface area contributed by atoms with Crippen molar-refractivity contribution in [2.75, 3.05) is 13.2 Å². The fourth-order valence-electron chi connectivity index (χ4n) is 2.15. The summed E-state index contributed by atoms with van der Waals surface area (Å²) in [5, 5.41) is 18.4. The van der Waals surface area contributed by atoms with E-state index in [1.165, 1.54) is 19.0 Å². The number of nitrogens with one attached hydrogen (secondary N) is 1. The first-order chi connectivity index (χ1) is 9.65. The molecule has 8 heteroatoms.